The van der Waals surface area contributed by atoms with Crippen LogP contribution in [0.5, 0.6) is 0 Å². The fraction of sp³-hybridized carbons (Fsp3) is 0.480. The first-order valence-electron chi connectivity index (χ1n) is 10.7. The molecule has 0 aromatic heterocycles. The van der Waals surface area contributed by atoms with Crippen molar-refractivity contribution in [3.8, 4) is 17.2 Å². The molecule has 29 heavy (non-hydrogen) atoms. The maximum atomic E-state index is 8.85. The summed E-state index contributed by atoms with van der Waals surface area (Å²) in [6, 6.07) is 16.3. The Kier molecular flexibility index (Phi) is 4.91. The van der Waals surface area contributed by atoms with Crippen LogP contribution in [-0.2, 0) is 28.1 Å². The normalized spacial score (nSPS) is 21.0. The Balaban J connectivity index is 1.39. The molecule has 0 atom stereocenters. The first-order valence-corrected chi connectivity index (χ1v) is 10.7. The Morgan fingerprint density at radius 1 is 1.10 bits per heavy atom. The van der Waals surface area contributed by atoms with Crippen molar-refractivity contribution in [3.63, 3.8) is 0 Å². The van der Waals surface area contributed by atoms with Crippen LogP contribution in [0, 0.1) is 18.3 Å². The zero-order chi connectivity index (χ0) is 19.8. The van der Waals surface area contributed by atoms with Crippen LogP contribution < -0.4 is 0 Å². The van der Waals surface area contributed by atoms with E-state index < -0.39 is 0 Å². The van der Waals surface area contributed by atoms with E-state index in [1.54, 1.807) is 0 Å². The molecule has 0 N–H and O–H groups in total. The molecule has 0 unspecified atom stereocenters. The van der Waals surface area contributed by atoms with Crippen LogP contribution in [-0.4, -0.2) is 37.2 Å². The Morgan fingerprint density at radius 3 is 2.55 bits per heavy atom. The summed E-state index contributed by atoms with van der Waals surface area (Å²) in [6.07, 6.45) is 3.52. The fourth-order valence-electron chi connectivity index (χ4n) is 5.04. The molecule has 2 saturated heterocycles. The van der Waals surface area contributed by atoms with Gasteiger partial charge < -0.3 is 9.47 Å². The average Bonchev–Trinajstić information content (AvgIpc) is 3.05. The number of ether oxygens (including phenoxy) is 2. The van der Waals surface area contributed by atoms with E-state index in [9.17, 15) is 0 Å². The summed E-state index contributed by atoms with van der Waals surface area (Å²) in [7, 11) is 0. The van der Waals surface area contributed by atoms with Crippen LogP contribution in [0.3, 0.4) is 0 Å². The summed E-state index contributed by atoms with van der Waals surface area (Å²) in [5.41, 5.74) is 7.66. The highest BCUT2D eigenvalue weighted by Crippen LogP contribution is 2.46. The molecule has 4 nitrogen and oxygen atoms in total. The van der Waals surface area contributed by atoms with Crippen molar-refractivity contribution in [2.75, 3.05) is 26.3 Å². The molecule has 0 aliphatic carbocycles. The Labute approximate surface area is 173 Å². The van der Waals surface area contributed by atoms with Gasteiger partial charge in [-0.25, -0.2) is 0 Å². The number of hydrogen-bond donors (Lipinski definition) is 0. The third-order valence-corrected chi connectivity index (χ3v) is 7.03. The Hall–Kier alpha value is -2.19. The predicted octanol–water partition coefficient (Wildman–Crippen LogP) is 4.34. The number of likely N-dealkylation sites (tertiary alicyclic amines) is 1. The molecule has 0 saturated carbocycles. The van der Waals surface area contributed by atoms with Gasteiger partial charge in [-0.05, 0) is 65.6 Å². The monoisotopic (exact) mass is 388 g/mol. The second-order valence-electron chi connectivity index (χ2n) is 8.68. The van der Waals surface area contributed by atoms with E-state index in [4.69, 9.17) is 14.7 Å². The van der Waals surface area contributed by atoms with Crippen LogP contribution in [0.4, 0.5) is 0 Å². The summed E-state index contributed by atoms with van der Waals surface area (Å²) in [6.45, 7) is 6.83. The van der Waals surface area contributed by atoms with E-state index in [0.717, 1.165) is 52.2 Å². The number of benzene rings is 2. The second-order valence-corrected chi connectivity index (χ2v) is 8.68. The summed E-state index contributed by atoms with van der Waals surface area (Å²) in [5, 5.41) is 8.85. The lowest BCUT2D eigenvalue weighted by Crippen LogP contribution is -2.54. The lowest BCUT2D eigenvalue weighted by atomic mass is 9.82. The highest BCUT2D eigenvalue weighted by atomic mass is 16.5. The van der Waals surface area contributed by atoms with Gasteiger partial charge in [0.2, 0.25) is 0 Å². The van der Waals surface area contributed by atoms with E-state index in [0.29, 0.717) is 12.5 Å². The minimum Gasteiger partial charge on any atom is -0.378 e. The minimum atomic E-state index is -0.117. The van der Waals surface area contributed by atoms with Gasteiger partial charge >= 0.3 is 0 Å². The number of aryl methyl sites for hydroxylation is 2. The van der Waals surface area contributed by atoms with Gasteiger partial charge in [-0.1, -0.05) is 30.3 Å². The quantitative estimate of drug-likeness (QED) is 0.782. The van der Waals surface area contributed by atoms with Crippen molar-refractivity contribution in [3.05, 3.63) is 58.7 Å². The molecule has 150 valence electrons. The molecule has 3 heterocycles. The smallest absolute Gasteiger partial charge is 0.0963 e. The van der Waals surface area contributed by atoms with Crippen molar-refractivity contribution < 1.29 is 9.47 Å². The van der Waals surface area contributed by atoms with E-state index >= 15 is 0 Å². The van der Waals surface area contributed by atoms with Gasteiger partial charge in [-0.3, -0.25) is 4.90 Å². The van der Waals surface area contributed by atoms with Crippen LogP contribution in [0.25, 0.3) is 11.1 Å². The largest absolute Gasteiger partial charge is 0.378 e. The maximum absolute atomic E-state index is 8.85. The summed E-state index contributed by atoms with van der Waals surface area (Å²) < 4.78 is 11.8. The van der Waals surface area contributed by atoms with Crippen molar-refractivity contribution in [2.45, 2.75) is 50.9 Å². The number of rotatable bonds is 4. The fourth-order valence-corrected chi connectivity index (χ4v) is 5.04. The molecule has 2 fully saturated rings. The molecule has 4 heteroatoms. The van der Waals surface area contributed by atoms with Gasteiger partial charge in [0, 0.05) is 19.5 Å². The topological polar surface area (TPSA) is 45.5 Å². The average molecular weight is 389 g/mol. The number of hydrogen-bond acceptors (Lipinski definition) is 4. The molecule has 0 radical (unpaired) electrons. The van der Waals surface area contributed by atoms with E-state index in [1.807, 2.05) is 0 Å². The molecule has 2 aromatic carbocycles. The van der Waals surface area contributed by atoms with Crippen LogP contribution in [0.15, 0.2) is 36.4 Å². The van der Waals surface area contributed by atoms with Crippen LogP contribution in [0.2, 0.25) is 0 Å². The van der Waals surface area contributed by atoms with Gasteiger partial charge in [0.1, 0.15) is 0 Å². The van der Waals surface area contributed by atoms with Crippen molar-refractivity contribution in [2.24, 2.45) is 0 Å². The van der Waals surface area contributed by atoms with Gasteiger partial charge in [0.15, 0.2) is 0 Å². The van der Waals surface area contributed by atoms with Gasteiger partial charge in [-0.15, -0.1) is 0 Å². The van der Waals surface area contributed by atoms with Crippen LogP contribution in [0.1, 0.15) is 41.5 Å². The first kappa shape index (κ1) is 18.8. The molecule has 5 rings (SSSR count). The molecular weight excluding hydrogens is 360 g/mol. The zero-order valence-corrected chi connectivity index (χ0v) is 17.1. The molecular formula is C25H28N2O2. The minimum absolute atomic E-state index is 0.117. The summed E-state index contributed by atoms with van der Waals surface area (Å²) >= 11 is 0. The van der Waals surface area contributed by atoms with Crippen molar-refractivity contribution >= 4 is 0 Å². The van der Waals surface area contributed by atoms with Gasteiger partial charge in [0.25, 0.3) is 0 Å². The van der Waals surface area contributed by atoms with E-state index in [-0.39, 0.29) is 5.60 Å². The zero-order valence-electron chi connectivity index (χ0n) is 17.1. The number of nitriles is 1. The second kappa shape index (κ2) is 7.57. The molecule has 2 aromatic rings. The number of nitrogens with zero attached hydrogens (tertiary/aromatic N) is 2. The van der Waals surface area contributed by atoms with Gasteiger partial charge in [-0.2, -0.15) is 5.26 Å². The summed E-state index contributed by atoms with van der Waals surface area (Å²) in [5.74, 6) is 0. The molecule has 1 spiro atoms. The molecule has 0 amide bonds. The van der Waals surface area contributed by atoms with Crippen LogP contribution >= 0.6 is 0 Å². The molecule has 0 bridgehead atoms. The van der Waals surface area contributed by atoms with E-state index in [1.165, 1.54) is 33.4 Å². The SMILES string of the molecule is Cc1cc(-c2ccc3c(c2)C2(CCN(C4COC4)CC2)OC3)ccc1CCC#N. The molecule has 3 aliphatic rings. The molecule has 3 aliphatic heterocycles. The van der Waals surface area contributed by atoms with Gasteiger partial charge in [0.05, 0.1) is 37.5 Å². The highest BCUT2D eigenvalue weighted by molar-refractivity contribution is 5.67. The third-order valence-electron chi connectivity index (χ3n) is 7.03. The standard InChI is InChI=1S/C25H28N2O2/c1-18-13-20(5-4-19(18)3-2-10-26)21-6-7-22-15-29-25(24(22)14-21)8-11-27(12-9-25)23-16-28-17-23/h4-7,13-14,23H,2-3,8-9,11-12,15-17H2,1H3. The highest BCUT2D eigenvalue weighted by Gasteiger charge is 2.44. The van der Waals surface area contributed by atoms with Crippen molar-refractivity contribution in [1.29, 1.82) is 5.26 Å². The predicted molar refractivity (Wildman–Crippen MR) is 112 cm³/mol. The lowest BCUT2D eigenvalue weighted by Gasteiger charge is -2.45. The third kappa shape index (κ3) is 3.38. The summed E-state index contributed by atoms with van der Waals surface area (Å²) in [4.78, 5) is 2.57. The number of fused-ring (bicyclic) bond motifs is 2. The Bertz CT molecular complexity index is 950. The lowest BCUT2D eigenvalue weighted by molar-refractivity contribution is -0.119. The van der Waals surface area contributed by atoms with Crippen molar-refractivity contribution in [1.82, 2.24) is 4.90 Å². The van der Waals surface area contributed by atoms with E-state index in [2.05, 4.69) is 54.3 Å². The Morgan fingerprint density at radius 2 is 1.86 bits per heavy atom. The maximum Gasteiger partial charge on any atom is 0.0963 e. The number of piperidine rings is 1. The first-order chi connectivity index (χ1) is 14.2.